The minimum Gasteiger partial charge on any atom is -0.342 e. The summed E-state index contributed by atoms with van der Waals surface area (Å²) in [5.41, 5.74) is 3.40. The van der Waals surface area contributed by atoms with Crippen molar-refractivity contribution in [1.29, 1.82) is 0 Å². The van der Waals surface area contributed by atoms with Gasteiger partial charge in [0.1, 0.15) is 6.29 Å². The number of carbonyl (C=O) groups excluding carboxylic acids is 2. The summed E-state index contributed by atoms with van der Waals surface area (Å²) >= 11 is 0. The zero-order chi connectivity index (χ0) is 17.5. The summed E-state index contributed by atoms with van der Waals surface area (Å²) in [5.74, 6) is -0.243. The number of amides is 1. The molecule has 1 atom stereocenters. The van der Waals surface area contributed by atoms with Crippen molar-refractivity contribution in [3.63, 3.8) is 0 Å². The number of hydrogen-bond acceptors (Lipinski definition) is 2. The molecule has 0 aromatic heterocycles. The molecule has 0 saturated carbocycles. The third-order valence-corrected chi connectivity index (χ3v) is 4.04. The first-order valence-electron chi connectivity index (χ1n) is 8.22. The van der Waals surface area contributed by atoms with Crippen LogP contribution < -0.4 is 5.32 Å². The van der Waals surface area contributed by atoms with Crippen LogP contribution in [0, 0.1) is 0 Å². The third kappa shape index (κ3) is 4.21. The second-order valence-electron chi connectivity index (χ2n) is 5.82. The van der Waals surface area contributed by atoms with Crippen molar-refractivity contribution in [2.24, 2.45) is 0 Å². The highest BCUT2D eigenvalue weighted by Gasteiger charge is 2.16. The molecule has 3 rings (SSSR count). The molecule has 0 aliphatic carbocycles. The van der Waals surface area contributed by atoms with Crippen molar-refractivity contribution in [2.75, 3.05) is 0 Å². The lowest BCUT2D eigenvalue weighted by Gasteiger charge is -2.15. The summed E-state index contributed by atoms with van der Waals surface area (Å²) in [5, 5.41) is 2.83. The van der Waals surface area contributed by atoms with Crippen LogP contribution in [-0.4, -0.2) is 18.2 Å². The van der Waals surface area contributed by atoms with Gasteiger partial charge in [-0.1, -0.05) is 78.9 Å². The monoisotopic (exact) mass is 329 g/mol. The first-order chi connectivity index (χ1) is 12.3. The molecule has 0 radical (unpaired) electrons. The Bertz CT molecular complexity index is 844. The van der Waals surface area contributed by atoms with Gasteiger partial charge >= 0.3 is 0 Å². The average molecular weight is 329 g/mol. The highest BCUT2D eigenvalue weighted by atomic mass is 16.2. The molecule has 0 spiro atoms. The van der Waals surface area contributed by atoms with Gasteiger partial charge in [0, 0.05) is 5.56 Å². The van der Waals surface area contributed by atoms with Crippen molar-refractivity contribution in [3.05, 3.63) is 96.1 Å². The summed E-state index contributed by atoms with van der Waals surface area (Å²) in [7, 11) is 0. The molecule has 3 heteroatoms. The van der Waals surface area contributed by atoms with Crippen molar-refractivity contribution < 1.29 is 9.59 Å². The lowest BCUT2D eigenvalue weighted by Crippen LogP contribution is -2.37. The molecule has 25 heavy (non-hydrogen) atoms. The summed E-state index contributed by atoms with van der Waals surface area (Å²) in [4.78, 5) is 24.1. The Kier molecular flexibility index (Phi) is 5.37. The molecule has 3 aromatic rings. The van der Waals surface area contributed by atoms with Gasteiger partial charge in [-0.25, -0.2) is 0 Å². The van der Waals surface area contributed by atoms with Gasteiger partial charge in [0.05, 0.1) is 6.04 Å². The first-order valence-corrected chi connectivity index (χ1v) is 8.22. The molecule has 1 unspecified atom stereocenters. The van der Waals surface area contributed by atoms with Crippen LogP contribution >= 0.6 is 0 Å². The molecular formula is C22H19NO2. The van der Waals surface area contributed by atoms with Crippen molar-refractivity contribution in [1.82, 2.24) is 5.32 Å². The Balaban J connectivity index is 1.80. The van der Waals surface area contributed by atoms with Crippen LogP contribution in [-0.2, 0) is 11.2 Å². The van der Waals surface area contributed by atoms with Gasteiger partial charge in [-0.3, -0.25) is 4.79 Å². The van der Waals surface area contributed by atoms with Gasteiger partial charge in [0.15, 0.2) is 0 Å². The van der Waals surface area contributed by atoms with Gasteiger partial charge in [-0.05, 0) is 29.2 Å². The van der Waals surface area contributed by atoms with Crippen LogP contribution in [0.15, 0.2) is 84.9 Å². The molecule has 0 fully saturated rings. The maximum atomic E-state index is 12.7. The highest BCUT2D eigenvalue weighted by Crippen LogP contribution is 2.23. The van der Waals surface area contributed by atoms with Gasteiger partial charge in [0.25, 0.3) is 5.91 Å². The molecule has 1 N–H and O–H groups in total. The summed E-state index contributed by atoms with van der Waals surface area (Å²) in [6, 6.07) is 26.3. The second-order valence-corrected chi connectivity index (χ2v) is 5.82. The van der Waals surface area contributed by atoms with Crippen LogP contribution in [0.2, 0.25) is 0 Å². The van der Waals surface area contributed by atoms with Gasteiger partial charge < -0.3 is 10.1 Å². The predicted octanol–water partition coefficient (Wildman–Crippen LogP) is 3.89. The smallest absolute Gasteiger partial charge is 0.252 e. The van der Waals surface area contributed by atoms with E-state index in [1.807, 2.05) is 78.9 Å². The van der Waals surface area contributed by atoms with Crippen molar-refractivity contribution in [2.45, 2.75) is 12.5 Å². The van der Waals surface area contributed by atoms with E-state index in [4.69, 9.17) is 0 Å². The van der Waals surface area contributed by atoms with Gasteiger partial charge in [-0.15, -0.1) is 0 Å². The van der Waals surface area contributed by atoms with E-state index in [2.05, 4.69) is 5.32 Å². The van der Waals surface area contributed by atoms with Crippen LogP contribution in [0.5, 0.6) is 0 Å². The maximum absolute atomic E-state index is 12.7. The first kappa shape index (κ1) is 16.7. The van der Waals surface area contributed by atoms with Crippen LogP contribution in [0.3, 0.4) is 0 Å². The second kappa shape index (κ2) is 8.06. The molecule has 0 heterocycles. The van der Waals surface area contributed by atoms with Crippen molar-refractivity contribution in [3.8, 4) is 11.1 Å². The number of aldehydes is 1. The normalized spacial score (nSPS) is 11.5. The fourth-order valence-electron chi connectivity index (χ4n) is 2.80. The Morgan fingerprint density at radius 1 is 0.840 bits per heavy atom. The molecule has 1 amide bonds. The zero-order valence-corrected chi connectivity index (χ0v) is 13.8. The van der Waals surface area contributed by atoms with Crippen LogP contribution in [0.4, 0.5) is 0 Å². The lowest BCUT2D eigenvalue weighted by atomic mass is 9.98. The predicted molar refractivity (Wildman–Crippen MR) is 99.3 cm³/mol. The molecule has 3 aromatic carbocycles. The minimum atomic E-state index is -0.557. The van der Waals surface area contributed by atoms with E-state index in [1.54, 1.807) is 6.07 Å². The van der Waals surface area contributed by atoms with Gasteiger partial charge in [-0.2, -0.15) is 0 Å². The fourth-order valence-corrected chi connectivity index (χ4v) is 2.80. The van der Waals surface area contributed by atoms with Crippen molar-refractivity contribution >= 4 is 12.2 Å². The Labute approximate surface area is 147 Å². The minimum absolute atomic E-state index is 0.243. The van der Waals surface area contributed by atoms with Crippen LogP contribution in [0.25, 0.3) is 11.1 Å². The molecule has 0 aliphatic rings. The topological polar surface area (TPSA) is 46.2 Å². The maximum Gasteiger partial charge on any atom is 0.252 e. The highest BCUT2D eigenvalue weighted by molar-refractivity contribution is 6.01. The quantitative estimate of drug-likeness (QED) is 0.697. The molecule has 0 aliphatic heterocycles. The molecular weight excluding hydrogens is 310 g/mol. The number of hydrogen-bond donors (Lipinski definition) is 1. The van der Waals surface area contributed by atoms with E-state index >= 15 is 0 Å². The van der Waals surface area contributed by atoms with Gasteiger partial charge in [0.2, 0.25) is 0 Å². The molecule has 124 valence electrons. The largest absolute Gasteiger partial charge is 0.342 e. The van der Waals surface area contributed by atoms with E-state index in [1.165, 1.54) is 0 Å². The van der Waals surface area contributed by atoms with E-state index in [0.717, 1.165) is 23.0 Å². The van der Waals surface area contributed by atoms with Crippen LogP contribution in [0.1, 0.15) is 15.9 Å². The average Bonchev–Trinajstić information content (AvgIpc) is 2.69. The molecule has 0 bridgehead atoms. The van der Waals surface area contributed by atoms with E-state index in [-0.39, 0.29) is 5.91 Å². The lowest BCUT2D eigenvalue weighted by molar-refractivity contribution is -0.109. The Morgan fingerprint density at radius 3 is 2.12 bits per heavy atom. The molecule has 0 saturated heterocycles. The standard InChI is InChI=1S/C22H19NO2/c24-16-19(15-17-9-3-1-4-10-17)23-22(25)21-14-8-7-13-20(21)18-11-5-2-6-12-18/h1-14,16,19H,15H2,(H,23,25). The number of nitrogens with one attached hydrogen (secondary N) is 1. The third-order valence-electron chi connectivity index (χ3n) is 4.04. The number of rotatable bonds is 6. The van der Waals surface area contributed by atoms with E-state index in [0.29, 0.717) is 12.0 Å². The summed E-state index contributed by atoms with van der Waals surface area (Å²) in [6.07, 6.45) is 1.26. The summed E-state index contributed by atoms with van der Waals surface area (Å²) in [6.45, 7) is 0. The Hall–Kier alpha value is -3.20. The zero-order valence-electron chi connectivity index (χ0n) is 13.8. The fraction of sp³-hybridized carbons (Fsp3) is 0.0909. The molecule has 3 nitrogen and oxygen atoms in total. The van der Waals surface area contributed by atoms with E-state index < -0.39 is 6.04 Å². The Morgan fingerprint density at radius 2 is 1.44 bits per heavy atom. The summed E-state index contributed by atoms with van der Waals surface area (Å²) < 4.78 is 0. The number of benzene rings is 3. The SMILES string of the molecule is O=CC(Cc1ccccc1)NC(=O)c1ccccc1-c1ccccc1. The van der Waals surface area contributed by atoms with E-state index in [9.17, 15) is 9.59 Å². The number of carbonyl (C=O) groups is 2.